The molecular formula is C19H18BrN3O3. The Hall–Kier alpha value is -2.85. The summed E-state index contributed by atoms with van der Waals surface area (Å²) in [7, 11) is 0. The Balaban J connectivity index is 2.09. The van der Waals surface area contributed by atoms with Gasteiger partial charge in [0.1, 0.15) is 0 Å². The molecule has 0 heterocycles. The topological polar surface area (TPSA) is 96.4 Å². The number of anilines is 2. The molecule has 2 rings (SSSR count). The molecule has 0 atom stereocenters. The number of nitrogens with two attached hydrogens (primary N) is 1. The highest BCUT2D eigenvalue weighted by molar-refractivity contribution is 9.10. The van der Waals surface area contributed by atoms with Gasteiger partial charge in [0, 0.05) is 22.4 Å². The van der Waals surface area contributed by atoms with E-state index in [1.807, 2.05) is 25.1 Å². The molecule has 0 saturated carbocycles. The summed E-state index contributed by atoms with van der Waals surface area (Å²) in [5.74, 6) is -1.09. The standard InChI is InChI=1S/C19H18BrN3O3/c1-13-3-6-15(7-4-13)23(10-2-9-21)18(24)12-26-19(25)16-11-14(20)5-8-17(16)22/h3-8,11H,2,10,12,22H2,1H3. The second-order valence-corrected chi connectivity index (χ2v) is 6.51. The van der Waals surface area contributed by atoms with E-state index in [9.17, 15) is 9.59 Å². The summed E-state index contributed by atoms with van der Waals surface area (Å²) < 4.78 is 5.80. The van der Waals surface area contributed by atoms with Crippen molar-refractivity contribution in [3.05, 3.63) is 58.1 Å². The van der Waals surface area contributed by atoms with Crippen molar-refractivity contribution >= 4 is 39.2 Å². The first-order valence-corrected chi connectivity index (χ1v) is 8.68. The Morgan fingerprint density at radius 3 is 2.58 bits per heavy atom. The zero-order valence-corrected chi connectivity index (χ0v) is 15.8. The van der Waals surface area contributed by atoms with Crippen LogP contribution in [0.2, 0.25) is 0 Å². The molecular weight excluding hydrogens is 398 g/mol. The van der Waals surface area contributed by atoms with Gasteiger partial charge in [-0.15, -0.1) is 0 Å². The highest BCUT2D eigenvalue weighted by atomic mass is 79.9. The van der Waals surface area contributed by atoms with E-state index in [0.29, 0.717) is 10.2 Å². The summed E-state index contributed by atoms with van der Waals surface area (Å²) >= 11 is 3.26. The first-order chi connectivity index (χ1) is 12.4. The van der Waals surface area contributed by atoms with E-state index >= 15 is 0 Å². The molecule has 2 N–H and O–H groups in total. The summed E-state index contributed by atoms with van der Waals surface area (Å²) in [5, 5.41) is 8.82. The minimum absolute atomic E-state index is 0.173. The molecule has 0 fully saturated rings. The molecule has 7 heteroatoms. The van der Waals surface area contributed by atoms with E-state index in [0.717, 1.165) is 5.56 Å². The van der Waals surface area contributed by atoms with Crippen LogP contribution in [0.4, 0.5) is 11.4 Å². The zero-order valence-electron chi connectivity index (χ0n) is 14.2. The van der Waals surface area contributed by atoms with E-state index in [4.69, 9.17) is 15.7 Å². The van der Waals surface area contributed by atoms with Crippen LogP contribution in [0.5, 0.6) is 0 Å². The smallest absolute Gasteiger partial charge is 0.340 e. The Bertz CT molecular complexity index is 844. The fraction of sp³-hybridized carbons (Fsp3) is 0.211. The number of amides is 1. The summed E-state index contributed by atoms with van der Waals surface area (Å²) in [5.41, 5.74) is 7.93. The van der Waals surface area contributed by atoms with Gasteiger partial charge in [0.15, 0.2) is 6.61 Å². The van der Waals surface area contributed by atoms with E-state index in [2.05, 4.69) is 15.9 Å². The van der Waals surface area contributed by atoms with Gasteiger partial charge in [-0.05, 0) is 37.3 Å². The van der Waals surface area contributed by atoms with Crippen LogP contribution >= 0.6 is 15.9 Å². The van der Waals surface area contributed by atoms with Gasteiger partial charge in [-0.1, -0.05) is 33.6 Å². The second-order valence-electron chi connectivity index (χ2n) is 5.60. The molecule has 134 valence electrons. The molecule has 1 amide bonds. The van der Waals surface area contributed by atoms with Gasteiger partial charge in [-0.2, -0.15) is 5.26 Å². The number of nitrogens with zero attached hydrogens (tertiary/aromatic N) is 2. The van der Waals surface area contributed by atoms with Crippen LogP contribution in [0.1, 0.15) is 22.3 Å². The number of rotatable bonds is 6. The first kappa shape index (κ1) is 19.5. The maximum atomic E-state index is 12.5. The van der Waals surface area contributed by atoms with E-state index < -0.39 is 18.5 Å². The number of hydrogen-bond acceptors (Lipinski definition) is 5. The molecule has 0 saturated heterocycles. The van der Waals surface area contributed by atoms with Crippen LogP contribution in [0, 0.1) is 18.3 Å². The summed E-state index contributed by atoms with van der Waals surface area (Å²) in [6, 6.07) is 14.2. The van der Waals surface area contributed by atoms with Gasteiger partial charge in [0.2, 0.25) is 0 Å². The van der Waals surface area contributed by atoms with Crippen molar-refractivity contribution in [1.82, 2.24) is 0 Å². The number of aryl methyl sites for hydroxylation is 1. The predicted molar refractivity (Wildman–Crippen MR) is 103 cm³/mol. The lowest BCUT2D eigenvalue weighted by Crippen LogP contribution is -2.35. The molecule has 0 spiro atoms. The normalized spacial score (nSPS) is 10.0. The maximum absolute atomic E-state index is 12.5. The average Bonchev–Trinajstić information content (AvgIpc) is 2.63. The molecule has 0 unspecified atom stereocenters. The third-order valence-electron chi connectivity index (χ3n) is 3.66. The zero-order chi connectivity index (χ0) is 19.1. The minimum Gasteiger partial charge on any atom is -0.452 e. The number of esters is 1. The minimum atomic E-state index is -0.679. The summed E-state index contributed by atoms with van der Waals surface area (Å²) in [6.07, 6.45) is 0.173. The van der Waals surface area contributed by atoms with Crippen molar-refractivity contribution in [3.63, 3.8) is 0 Å². The number of nitrogen functional groups attached to an aromatic ring is 1. The van der Waals surface area contributed by atoms with Crippen LogP contribution in [0.3, 0.4) is 0 Å². The van der Waals surface area contributed by atoms with Crippen molar-refractivity contribution in [2.45, 2.75) is 13.3 Å². The predicted octanol–water partition coefficient (Wildman–Crippen LogP) is 3.44. The quantitative estimate of drug-likeness (QED) is 0.575. The number of benzene rings is 2. The molecule has 0 bridgehead atoms. The van der Waals surface area contributed by atoms with E-state index in [1.165, 1.54) is 11.0 Å². The molecule has 0 aliphatic carbocycles. The Morgan fingerprint density at radius 1 is 1.23 bits per heavy atom. The fourth-order valence-corrected chi connectivity index (χ4v) is 2.63. The molecule has 26 heavy (non-hydrogen) atoms. The largest absolute Gasteiger partial charge is 0.452 e. The lowest BCUT2D eigenvalue weighted by Gasteiger charge is -2.22. The SMILES string of the molecule is Cc1ccc(N(CCC#N)C(=O)COC(=O)c2cc(Br)ccc2N)cc1. The number of halogens is 1. The average molecular weight is 416 g/mol. The van der Waals surface area contributed by atoms with Crippen molar-refractivity contribution < 1.29 is 14.3 Å². The van der Waals surface area contributed by atoms with Gasteiger partial charge >= 0.3 is 5.97 Å². The van der Waals surface area contributed by atoms with Crippen molar-refractivity contribution in [2.24, 2.45) is 0 Å². The van der Waals surface area contributed by atoms with Crippen molar-refractivity contribution in [3.8, 4) is 6.07 Å². The number of ether oxygens (including phenoxy) is 1. The molecule has 0 aliphatic rings. The Morgan fingerprint density at radius 2 is 1.92 bits per heavy atom. The molecule has 6 nitrogen and oxygen atoms in total. The summed E-state index contributed by atoms with van der Waals surface area (Å²) in [6.45, 7) is 1.72. The van der Waals surface area contributed by atoms with Gasteiger partial charge in [0.25, 0.3) is 5.91 Å². The molecule has 0 radical (unpaired) electrons. The number of nitriles is 1. The lowest BCUT2D eigenvalue weighted by atomic mass is 10.2. The fourth-order valence-electron chi connectivity index (χ4n) is 2.27. The van der Waals surface area contributed by atoms with Crippen LogP contribution < -0.4 is 10.6 Å². The van der Waals surface area contributed by atoms with Gasteiger partial charge in [-0.25, -0.2) is 4.79 Å². The Labute approximate surface area is 160 Å². The summed E-state index contributed by atoms with van der Waals surface area (Å²) in [4.78, 5) is 26.1. The molecule has 0 aromatic heterocycles. The van der Waals surface area contributed by atoms with Crippen LogP contribution in [0.25, 0.3) is 0 Å². The maximum Gasteiger partial charge on any atom is 0.340 e. The third-order valence-corrected chi connectivity index (χ3v) is 4.15. The van der Waals surface area contributed by atoms with Crippen LogP contribution in [-0.4, -0.2) is 25.0 Å². The molecule has 2 aromatic rings. The molecule has 0 aliphatic heterocycles. The van der Waals surface area contributed by atoms with E-state index in [-0.39, 0.29) is 24.2 Å². The van der Waals surface area contributed by atoms with Crippen LogP contribution in [0.15, 0.2) is 46.9 Å². The van der Waals surface area contributed by atoms with E-state index in [1.54, 1.807) is 24.3 Å². The van der Waals surface area contributed by atoms with Gasteiger partial charge < -0.3 is 15.4 Å². The highest BCUT2D eigenvalue weighted by Gasteiger charge is 2.19. The Kier molecular flexibility index (Phi) is 6.75. The second kappa shape index (κ2) is 9.02. The lowest BCUT2D eigenvalue weighted by molar-refractivity contribution is -0.121. The van der Waals surface area contributed by atoms with Gasteiger partial charge in [0.05, 0.1) is 18.1 Å². The third kappa shape index (κ3) is 5.07. The monoisotopic (exact) mass is 415 g/mol. The highest BCUT2D eigenvalue weighted by Crippen LogP contribution is 2.20. The first-order valence-electron chi connectivity index (χ1n) is 7.88. The number of carbonyl (C=O) groups excluding carboxylic acids is 2. The number of hydrogen-bond donors (Lipinski definition) is 1. The van der Waals surface area contributed by atoms with Gasteiger partial charge in [-0.3, -0.25) is 4.79 Å². The number of carbonyl (C=O) groups is 2. The van der Waals surface area contributed by atoms with Crippen LogP contribution in [-0.2, 0) is 9.53 Å². The molecule has 2 aromatic carbocycles. The van der Waals surface area contributed by atoms with Crippen molar-refractivity contribution in [1.29, 1.82) is 5.26 Å². The van der Waals surface area contributed by atoms with Crippen molar-refractivity contribution in [2.75, 3.05) is 23.8 Å².